The highest BCUT2D eigenvalue weighted by atomic mass is 79.9. The van der Waals surface area contributed by atoms with Gasteiger partial charge in [-0.05, 0) is 30.5 Å². The maximum atomic E-state index is 9.33. The molecule has 1 atom stereocenters. The molecule has 1 rings (SSSR count). The van der Waals surface area contributed by atoms with Crippen LogP contribution in [0.3, 0.4) is 0 Å². The van der Waals surface area contributed by atoms with Crippen LogP contribution in [-0.4, -0.2) is 17.8 Å². The molecule has 1 unspecified atom stereocenters. The summed E-state index contributed by atoms with van der Waals surface area (Å²) < 4.78 is 1.10. The predicted molar refractivity (Wildman–Crippen MR) is 57.6 cm³/mol. The van der Waals surface area contributed by atoms with Crippen LogP contribution in [0.5, 0.6) is 0 Å². The second-order valence-corrected chi connectivity index (χ2v) is 4.03. The molecule has 0 aromatic heterocycles. The number of hydrogen-bond acceptors (Lipinski definition) is 2. The second-order valence-electron chi connectivity index (χ2n) is 3.18. The zero-order chi connectivity index (χ0) is 9.84. The Hall–Kier alpha value is -0.380. The van der Waals surface area contributed by atoms with Gasteiger partial charge < -0.3 is 10.8 Å². The van der Waals surface area contributed by atoms with Crippen LogP contribution in [0.4, 0.5) is 0 Å². The van der Waals surface area contributed by atoms with Crippen molar-refractivity contribution in [3.8, 4) is 0 Å². The third kappa shape index (κ3) is 3.10. The van der Waals surface area contributed by atoms with Crippen molar-refractivity contribution in [1.29, 1.82) is 0 Å². The fraction of sp³-hybridized carbons (Fsp3) is 0.400. The molecule has 0 aliphatic carbocycles. The topological polar surface area (TPSA) is 46.2 Å². The average Bonchev–Trinajstić information content (AvgIpc) is 2.11. The number of aliphatic hydroxyl groups excluding tert-OH is 1. The molecule has 0 spiro atoms. The monoisotopic (exact) mass is 243 g/mol. The molecule has 0 saturated heterocycles. The van der Waals surface area contributed by atoms with Gasteiger partial charge in [-0.2, -0.15) is 0 Å². The lowest BCUT2D eigenvalue weighted by Gasteiger charge is -2.08. The van der Waals surface area contributed by atoms with Crippen molar-refractivity contribution in [2.75, 3.05) is 6.54 Å². The molecule has 0 aliphatic rings. The molecule has 0 aliphatic heterocycles. The van der Waals surface area contributed by atoms with Crippen molar-refractivity contribution in [2.24, 2.45) is 5.73 Å². The number of rotatable bonds is 3. The number of benzene rings is 1. The van der Waals surface area contributed by atoms with Gasteiger partial charge in [-0.15, -0.1) is 0 Å². The van der Waals surface area contributed by atoms with Crippen LogP contribution >= 0.6 is 15.9 Å². The molecule has 0 fully saturated rings. The average molecular weight is 244 g/mol. The number of aliphatic hydroxyl groups is 1. The lowest BCUT2D eigenvalue weighted by atomic mass is 10.1. The van der Waals surface area contributed by atoms with E-state index in [1.54, 1.807) is 0 Å². The molecule has 0 radical (unpaired) electrons. The van der Waals surface area contributed by atoms with E-state index in [0.717, 1.165) is 10.0 Å². The number of aryl methyl sites for hydroxylation is 1. The minimum absolute atomic E-state index is 0.315. The Morgan fingerprint density at radius 1 is 1.54 bits per heavy atom. The molecule has 1 aromatic rings. The van der Waals surface area contributed by atoms with Crippen LogP contribution in [0.2, 0.25) is 0 Å². The van der Waals surface area contributed by atoms with Crippen molar-refractivity contribution >= 4 is 15.9 Å². The molecule has 72 valence electrons. The summed E-state index contributed by atoms with van der Waals surface area (Å²) in [5.41, 5.74) is 7.63. The third-order valence-corrected chi connectivity index (χ3v) is 2.86. The Morgan fingerprint density at radius 2 is 2.23 bits per heavy atom. The van der Waals surface area contributed by atoms with Crippen LogP contribution < -0.4 is 5.73 Å². The van der Waals surface area contributed by atoms with Crippen molar-refractivity contribution in [2.45, 2.75) is 19.4 Å². The predicted octanol–water partition coefficient (Wildman–Crippen LogP) is 1.62. The first-order valence-electron chi connectivity index (χ1n) is 4.26. The summed E-state index contributed by atoms with van der Waals surface area (Å²) in [6.07, 6.45) is 0.200. The number of hydrogen-bond donors (Lipinski definition) is 2. The van der Waals surface area contributed by atoms with E-state index >= 15 is 0 Å². The smallest absolute Gasteiger partial charge is 0.0702 e. The molecule has 3 heteroatoms. The summed E-state index contributed by atoms with van der Waals surface area (Å²) in [7, 11) is 0. The first kappa shape index (κ1) is 10.7. The van der Waals surface area contributed by atoms with Gasteiger partial charge in [0, 0.05) is 11.0 Å². The highest BCUT2D eigenvalue weighted by Gasteiger charge is 2.03. The molecule has 3 N–H and O–H groups in total. The first-order chi connectivity index (χ1) is 6.13. The Balaban J connectivity index is 2.73. The van der Waals surface area contributed by atoms with Crippen LogP contribution in [-0.2, 0) is 6.42 Å². The van der Waals surface area contributed by atoms with E-state index in [4.69, 9.17) is 5.73 Å². The van der Waals surface area contributed by atoms with Crippen molar-refractivity contribution < 1.29 is 5.11 Å². The zero-order valence-corrected chi connectivity index (χ0v) is 9.21. The zero-order valence-electron chi connectivity index (χ0n) is 7.63. The fourth-order valence-corrected chi connectivity index (χ4v) is 1.44. The van der Waals surface area contributed by atoms with Gasteiger partial charge in [0.1, 0.15) is 0 Å². The second kappa shape index (κ2) is 4.74. The molecule has 0 bridgehead atoms. The number of halogens is 1. The van der Waals surface area contributed by atoms with Crippen LogP contribution in [0.1, 0.15) is 11.1 Å². The Morgan fingerprint density at radius 3 is 2.77 bits per heavy atom. The van der Waals surface area contributed by atoms with Gasteiger partial charge in [0.25, 0.3) is 0 Å². The maximum Gasteiger partial charge on any atom is 0.0702 e. The molecule has 0 heterocycles. The van der Waals surface area contributed by atoms with Crippen molar-refractivity contribution in [3.05, 3.63) is 33.8 Å². The van der Waals surface area contributed by atoms with Crippen LogP contribution in [0, 0.1) is 6.92 Å². The first-order valence-corrected chi connectivity index (χ1v) is 5.06. The van der Waals surface area contributed by atoms with Crippen molar-refractivity contribution in [1.82, 2.24) is 0 Å². The molecular weight excluding hydrogens is 230 g/mol. The van der Waals surface area contributed by atoms with E-state index in [1.807, 2.05) is 19.1 Å². The van der Waals surface area contributed by atoms with Crippen molar-refractivity contribution in [3.63, 3.8) is 0 Å². The summed E-state index contributed by atoms with van der Waals surface area (Å²) in [6.45, 7) is 2.34. The van der Waals surface area contributed by atoms with Gasteiger partial charge in [-0.3, -0.25) is 0 Å². The molecule has 2 nitrogen and oxygen atoms in total. The number of nitrogens with two attached hydrogens (primary N) is 1. The lowest BCUT2D eigenvalue weighted by Crippen LogP contribution is -2.21. The van der Waals surface area contributed by atoms with E-state index < -0.39 is 6.10 Å². The quantitative estimate of drug-likeness (QED) is 0.848. The molecule has 1 aromatic carbocycles. The Labute approximate surface area is 86.9 Å². The minimum Gasteiger partial charge on any atom is -0.391 e. The van der Waals surface area contributed by atoms with Gasteiger partial charge in [0.05, 0.1) is 6.10 Å². The summed E-state index contributed by atoms with van der Waals surface area (Å²) in [5.74, 6) is 0. The van der Waals surface area contributed by atoms with Crippen LogP contribution in [0.25, 0.3) is 0 Å². The lowest BCUT2D eigenvalue weighted by molar-refractivity contribution is 0.183. The molecular formula is C10H14BrNO. The molecule has 0 saturated carbocycles. The highest BCUT2D eigenvalue weighted by molar-refractivity contribution is 9.10. The van der Waals surface area contributed by atoms with Gasteiger partial charge in [0.2, 0.25) is 0 Å². The summed E-state index contributed by atoms with van der Waals surface area (Å²) in [4.78, 5) is 0. The minimum atomic E-state index is -0.430. The third-order valence-electron chi connectivity index (χ3n) is 1.97. The van der Waals surface area contributed by atoms with E-state index in [1.165, 1.54) is 5.56 Å². The van der Waals surface area contributed by atoms with Gasteiger partial charge in [0.15, 0.2) is 0 Å². The van der Waals surface area contributed by atoms with Gasteiger partial charge >= 0.3 is 0 Å². The highest BCUT2D eigenvalue weighted by Crippen LogP contribution is 2.17. The normalized spacial score (nSPS) is 12.9. The summed E-state index contributed by atoms with van der Waals surface area (Å²) in [6, 6.07) is 6.05. The van der Waals surface area contributed by atoms with Gasteiger partial charge in [-0.25, -0.2) is 0 Å². The van der Waals surface area contributed by atoms with E-state index in [-0.39, 0.29) is 0 Å². The molecule has 13 heavy (non-hydrogen) atoms. The Kier molecular flexibility index (Phi) is 3.90. The summed E-state index contributed by atoms with van der Waals surface area (Å²) >= 11 is 3.43. The van der Waals surface area contributed by atoms with Crippen LogP contribution in [0.15, 0.2) is 22.7 Å². The van der Waals surface area contributed by atoms with E-state index in [2.05, 4.69) is 22.0 Å². The standard InChI is InChI=1S/C10H14BrNO/c1-7-4-8(2-3-10(7)11)5-9(13)6-12/h2-4,9,13H,5-6,12H2,1H3. The Bertz CT molecular complexity index is 288. The van der Waals surface area contributed by atoms with E-state index in [0.29, 0.717) is 13.0 Å². The maximum absolute atomic E-state index is 9.33. The SMILES string of the molecule is Cc1cc(CC(O)CN)ccc1Br. The van der Waals surface area contributed by atoms with E-state index in [9.17, 15) is 5.11 Å². The molecule has 0 amide bonds. The fourth-order valence-electron chi connectivity index (χ4n) is 1.19. The largest absolute Gasteiger partial charge is 0.391 e. The summed E-state index contributed by atoms with van der Waals surface area (Å²) in [5, 5.41) is 9.33. The van der Waals surface area contributed by atoms with Gasteiger partial charge in [-0.1, -0.05) is 28.1 Å².